The van der Waals surface area contributed by atoms with Crippen LogP contribution in [0.15, 0.2) is 215 Å². The van der Waals surface area contributed by atoms with E-state index in [0.717, 1.165) is 49.4 Å². The minimum Gasteiger partial charge on any atom is -0.456 e. The van der Waals surface area contributed by atoms with Gasteiger partial charge in [-0.25, -0.2) is 0 Å². The fourth-order valence-corrected chi connectivity index (χ4v) is 9.82. The van der Waals surface area contributed by atoms with E-state index in [1.54, 1.807) is 0 Å². The maximum Gasteiger partial charge on any atom is 0.136 e. The summed E-state index contributed by atoms with van der Waals surface area (Å²) in [6.07, 6.45) is 0. The average Bonchev–Trinajstić information content (AvgIpc) is 3.86. The molecule has 0 amide bonds. The number of hydrogen-bond donors (Lipinski definition) is 0. The molecule has 0 saturated heterocycles. The van der Waals surface area contributed by atoms with E-state index >= 15 is 0 Å². The molecule has 0 spiro atoms. The Kier molecular flexibility index (Phi) is 7.05. The second kappa shape index (κ2) is 12.8. The van der Waals surface area contributed by atoms with Crippen molar-refractivity contribution in [3.8, 4) is 44.5 Å². The van der Waals surface area contributed by atoms with Gasteiger partial charge in [-0.05, 0) is 136 Å². The molecule has 60 heavy (non-hydrogen) atoms. The molecule has 0 aliphatic heterocycles. The Bertz CT molecular complexity index is 3820. The molecule has 0 N–H and O–H groups in total. The monoisotopic (exact) mass is 762 g/mol. The summed E-state index contributed by atoms with van der Waals surface area (Å²) in [5.74, 6) is 0. The van der Waals surface area contributed by atoms with Gasteiger partial charge in [-0.15, -0.1) is 0 Å². The normalized spacial score (nSPS) is 12.0. The summed E-state index contributed by atoms with van der Waals surface area (Å²) in [7, 11) is 0. The van der Waals surface area contributed by atoms with Crippen LogP contribution in [-0.2, 0) is 0 Å². The highest BCUT2D eigenvalue weighted by atomic mass is 16.3. The zero-order valence-corrected chi connectivity index (χ0v) is 32.4. The molecule has 0 aliphatic carbocycles. The second-order valence-corrected chi connectivity index (χ2v) is 16.0. The van der Waals surface area contributed by atoms with Gasteiger partial charge in [0.05, 0.1) is 0 Å². The van der Waals surface area contributed by atoms with Gasteiger partial charge in [-0.3, -0.25) is 0 Å². The molecule has 0 aliphatic rings. The van der Waals surface area contributed by atoms with Crippen molar-refractivity contribution >= 4 is 87.0 Å². The number of fused-ring (bicyclic) bond motifs is 10. The number of benzene rings is 11. The largest absolute Gasteiger partial charge is 0.456 e. The zero-order chi connectivity index (χ0) is 39.3. The van der Waals surface area contributed by atoms with Gasteiger partial charge in [0.2, 0.25) is 0 Å². The lowest BCUT2D eigenvalue weighted by Gasteiger charge is -2.18. The molecule has 0 saturated carbocycles. The summed E-state index contributed by atoms with van der Waals surface area (Å²) in [5.41, 5.74) is 13.2. The van der Waals surface area contributed by atoms with E-state index in [9.17, 15) is 0 Å². The van der Waals surface area contributed by atoms with Crippen molar-refractivity contribution in [1.82, 2.24) is 0 Å². The summed E-state index contributed by atoms with van der Waals surface area (Å²) < 4.78 is 12.8. The summed E-state index contributed by atoms with van der Waals surface area (Å²) in [4.78, 5) is 0. The zero-order valence-electron chi connectivity index (χ0n) is 32.4. The summed E-state index contributed by atoms with van der Waals surface area (Å²) >= 11 is 0. The van der Waals surface area contributed by atoms with Crippen LogP contribution in [0.2, 0.25) is 0 Å². The summed E-state index contributed by atoms with van der Waals surface area (Å²) in [6, 6.07) is 74.7. The molecule has 0 atom stereocenters. The van der Waals surface area contributed by atoms with E-state index in [0.29, 0.717) is 0 Å². The van der Waals surface area contributed by atoms with Crippen molar-refractivity contribution in [3.63, 3.8) is 0 Å². The Morgan fingerprint density at radius 3 is 1.38 bits per heavy atom. The van der Waals surface area contributed by atoms with Crippen molar-refractivity contribution in [2.75, 3.05) is 0 Å². The van der Waals surface area contributed by atoms with Crippen LogP contribution in [0.4, 0.5) is 0 Å². The predicted molar refractivity (Wildman–Crippen MR) is 253 cm³/mol. The lowest BCUT2D eigenvalue weighted by Crippen LogP contribution is -1.91. The van der Waals surface area contributed by atoms with Crippen LogP contribution in [0.5, 0.6) is 0 Å². The van der Waals surface area contributed by atoms with Gasteiger partial charge >= 0.3 is 0 Å². The van der Waals surface area contributed by atoms with E-state index in [-0.39, 0.29) is 0 Å². The van der Waals surface area contributed by atoms with Gasteiger partial charge in [-0.1, -0.05) is 158 Å². The molecule has 0 fully saturated rings. The molecular formula is C58H34O2. The molecule has 0 unspecified atom stereocenters. The van der Waals surface area contributed by atoms with Gasteiger partial charge in [0.1, 0.15) is 22.3 Å². The predicted octanol–water partition coefficient (Wildman–Crippen LogP) is 16.8. The van der Waals surface area contributed by atoms with Crippen molar-refractivity contribution in [2.45, 2.75) is 0 Å². The molecule has 2 nitrogen and oxygen atoms in total. The lowest BCUT2D eigenvalue weighted by molar-refractivity contribution is 0.669. The number of rotatable bonds is 4. The first-order valence-corrected chi connectivity index (χ1v) is 20.6. The van der Waals surface area contributed by atoms with E-state index in [2.05, 4.69) is 206 Å². The molecule has 13 aromatic rings. The second-order valence-electron chi connectivity index (χ2n) is 16.0. The number of furan rings is 2. The Balaban J connectivity index is 0.941. The van der Waals surface area contributed by atoms with Crippen LogP contribution >= 0.6 is 0 Å². The fourth-order valence-electron chi connectivity index (χ4n) is 9.82. The Labute approximate surface area is 345 Å². The third-order valence-corrected chi connectivity index (χ3v) is 12.6. The van der Waals surface area contributed by atoms with Gasteiger partial charge in [0.15, 0.2) is 0 Å². The van der Waals surface area contributed by atoms with Crippen LogP contribution in [0.1, 0.15) is 0 Å². The molecule has 2 aromatic heterocycles. The minimum atomic E-state index is 0.902. The molecule has 13 rings (SSSR count). The van der Waals surface area contributed by atoms with Crippen LogP contribution in [0, 0.1) is 0 Å². The Morgan fingerprint density at radius 2 is 0.717 bits per heavy atom. The van der Waals surface area contributed by atoms with Crippen molar-refractivity contribution in [3.05, 3.63) is 206 Å². The van der Waals surface area contributed by atoms with Crippen LogP contribution in [0.3, 0.4) is 0 Å². The van der Waals surface area contributed by atoms with Crippen LogP contribution in [0.25, 0.3) is 131 Å². The molecule has 0 bridgehead atoms. The molecule has 11 aromatic carbocycles. The standard InChI is InChI=1S/C58H34O2/c1-3-13-39-33-54-50(30-37(39)11-1)49-31-41(27-28-52(49)59-54)35-23-25-36(26-24-35)56-45-17-5-7-19-47(45)57(48-20-8-6-18-46(48)56)43-16-9-15-42(29-43)44-21-10-22-53-58(44)51-32-38-12-2-4-14-40(38)34-55(51)60-53/h1-34H. The third kappa shape index (κ3) is 5.01. The Morgan fingerprint density at radius 1 is 0.233 bits per heavy atom. The maximum atomic E-state index is 6.48. The van der Waals surface area contributed by atoms with Crippen LogP contribution in [-0.4, -0.2) is 0 Å². The third-order valence-electron chi connectivity index (χ3n) is 12.6. The highest BCUT2D eigenvalue weighted by Crippen LogP contribution is 2.46. The SMILES string of the molecule is c1cc(-c2c3ccccc3c(-c3ccc(-c4ccc5oc6cc7ccccc7cc6c5c4)cc3)c3ccccc23)cc(-c2cccc3oc4cc5ccccc5cc4c23)c1. The topological polar surface area (TPSA) is 26.3 Å². The van der Waals surface area contributed by atoms with Gasteiger partial charge < -0.3 is 8.83 Å². The van der Waals surface area contributed by atoms with Gasteiger partial charge in [0, 0.05) is 21.5 Å². The Hall–Kier alpha value is -7.94. The van der Waals surface area contributed by atoms with Crippen molar-refractivity contribution in [2.24, 2.45) is 0 Å². The molecule has 278 valence electrons. The van der Waals surface area contributed by atoms with Crippen molar-refractivity contribution < 1.29 is 8.83 Å². The quantitative estimate of drug-likeness (QED) is 0.167. The lowest BCUT2D eigenvalue weighted by atomic mass is 9.85. The first kappa shape index (κ1) is 33.1. The highest BCUT2D eigenvalue weighted by molar-refractivity contribution is 6.22. The first-order chi connectivity index (χ1) is 29.7. The smallest absolute Gasteiger partial charge is 0.136 e. The minimum absolute atomic E-state index is 0.902. The van der Waals surface area contributed by atoms with E-state index < -0.39 is 0 Å². The average molecular weight is 763 g/mol. The highest BCUT2D eigenvalue weighted by Gasteiger charge is 2.19. The first-order valence-electron chi connectivity index (χ1n) is 20.6. The summed E-state index contributed by atoms with van der Waals surface area (Å²) in [5, 5.41) is 14.3. The fraction of sp³-hybridized carbons (Fsp3) is 0. The van der Waals surface area contributed by atoms with Gasteiger partial charge in [-0.2, -0.15) is 0 Å². The van der Waals surface area contributed by atoms with E-state index in [4.69, 9.17) is 8.83 Å². The molecule has 2 heterocycles. The maximum absolute atomic E-state index is 6.48. The van der Waals surface area contributed by atoms with Crippen LogP contribution < -0.4 is 0 Å². The number of hydrogen-bond acceptors (Lipinski definition) is 2. The molecular weight excluding hydrogens is 729 g/mol. The van der Waals surface area contributed by atoms with E-state index in [1.807, 2.05) is 0 Å². The van der Waals surface area contributed by atoms with Gasteiger partial charge in [0.25, 0.3) is 0 Å². The summed E-state index contributed by atoms with van der Waals surface area (Å²) in [6.45, 7) is 0. The van der Waals surface area contributed by atoms with E-state index in [1.165, 1.54) is 82.0 Å². The molecule has 0 radical (unpaired) electrons. The van der Waals surface area contributed by atoms with Crippen molar-refractivity contribution in [1.29, 1.82) is 0 Å². The molecule has 2 heteroatoms.